The molecule has 246 valence electrons. The van der Waals surface area contributed by atoms with E-state index < -0.39 is 7.14 Å². The molecule has 1 aliphatic rings. The van der Waals surface area contributed by atoms with Crippen molar-refractivity contribution in [2.24, 2.45) is 0 Å². The van der Waals surface area contributed by atoms with Crippen LogP contribution in [0.2, 0.25) is 0 Å². The SMILES string of the molecule is CP(C)(=O)c1ccc(-c2cccc(C3(c4ccc(-c5nc(-c6ccccc6)nc(-c6ccc7ccccc7c6)n5)cc4)CCCCC3)c2)cc1. The van der Waals surface area contributed by atoms with E-state index in [2.05, 4.69) is 103 Å². The van der Waals surface area contributed by atoms with Crippen molar-refractivity contribution >= 4 is 23.2 Å². The Morgan fingerprint density at radius 3 is 1.70 bits per heavy atom. The second-order valence-corrected chi connectivity index (χ2v) is 17.2. The lowest BCUT2D eigenvalue weighted by Crippen LogP contribution is -2.30. The predicted octanol–water partition coefficient (Wildman–Crippen LogP) is 11.2. The van der Waals surface area contributed by atoms with Crippen LogP contribution >= 0.6 is 7.14 Å². The standard InChI is InChI=1S/C45H40N3OP/c1-50(2,49)41-26-22-33(23-27-41)37-16-11-17-40(31-37)45(28-9-4-10-29-45)39-24-20-35(21-25-39)43-46-42(34-13-5-3-6-14-34)47-44(48-43)38-19-18-32-12-7-8-15-36(32)30-38/h3,5-8,11-27,30-31H,4,9-10,28-29H2,1-2H3. The molecule has 0 N–H and O–H groups in total. The first-order valence-electron chi connectivity index (χ1n) is 17.5. The van der Waals surface area contributed by atoms with Crippen molar-refractivity contribution in [1.82, 2.24) is 15.0 Å². The summed E-state index contributed by atoms with van der Waals surface area (Å²) < 4.78 is 12.6. The van der Waals surface area contributed by atoms with Crippen molar-refractivity contribution in [3.05, 3.63) is 157 Å². The minimum Gasteiger partial charge on any atom is -0.319 e. The van der Waals surface area contributed by atoms with E-state index in [0.29, 0.717) is 17.5 Å². The number of fused-ring (bicyclic) bond motifs is 1. The van der Waals surface area contributed by atoms with Gasteiger partial charge in [-0.25, -0.2) is 15.0 Å². The van der Waals surface area contributed by atoms with Gasteiger partial charge in [0.2, 0.25) is 0 Å². The van der Waals surface area contributed by atoms with Gasteiger partial charge in [-0.1, -0.05) is 159 Å². The molecule has 0 unspecified atom stereocenters. The highest BCUT2D eigenvalue weighted by molar-refractivity contribution is 7.70. The summed E-state index contributed by atoms with van der Waals surface area (Å²) in [5, 5.41) is 3.26. The van der Waals surface area contributed by atoms with Crippen molar-refractivity contribution in [1.29, 1.82) is 0 Å². The van der Waals surface area contributed by atoms with Gasteiger partial charge in [0.1, 0.15) is 7.14 Å². The zero-order valence-corrected chi connectivity index (χ0v) is 29.5. The smallest absolute Gasteiger partial charge is 0.164 e. The topological polar surface area (TPSA) is 55.7 Å². The van der Waals surface area contributed by atoms with Crippen molar-refractivity contribution in [2.45, 2.75) is 37.5 Å². The van der Waals surface area contributed by atoms with E-state index in [-0.39, 0.29) is 5.41 Å². The molecule has 4 nitrogen and oxygen atoms in total. The van der Waals surface area contributed by atoms with Gasteiger partial charge in [-0.2, -0.15) is 0 Å². The quantitative estimate of drug-likeness (QED) is 0.159. The Morgan fingerprint density at radius 1 is 0.460 bits per heavy atom. The number of nitrogens with zero attached hydrogens (tertiary/aromatic N) is 3. The van der Waals surface area contributed by atoms with Crippen LogP contribution in [0.3, 0.4) is 0 Å². The van der Waals surface area contributed by atoms with E-state index in [1.807, 2.05) is 55.8 Å². The summed E-state index contributed by atoms with van der Waals surface area (Å²) in [4.78, 5) is 15.0. The molecule has 1 heterocycles. The Morgan fingerprint density at radius 2 is 1.02 bits per heavy atom. The van der Waals surface area contributed by atoms with E-state index in [1.165, 1.54) is 41.3 Å². The zero-order chi connectivity index (χ0) is 34.1. The third kappa shape index (κ3) is 6.32. The summed E-state index contributed by atoms with van der Waals surface area (Å²) >= 11 is 0. The normalized spacial score (nSPS) is 14.4. The highest BCUT2D eigenvalue weighted by atomic mass is 31.2. The second kappa shape index (κ2) is 13.3. The van der Waals surface area contributed by atoms with Crippen LogP contribution < -0.4 is 5.30 Å². The molecule has 0 aliphatic heterocycles. The monoisotopic (exact) mass is 669 g/mol. The highest BCUT2D eigenvalue weighted by Crippen LogP contribution is 2.46. The van der Waals surface area contributed by atoms with Crippen molar-refractivity contribution in [3.63, 3.8) is 0 Å². The number of aromatic nitrogens is 3. The molecule has 6 aromatic carbocycles. The van der Waals surface area contributed by atoms with E-state index in [9.17, 15) is 4.57 Å². The molecule has 0 atom stereocenters. The molecular formula is C45H40N3OP. The molecule has 0 radical (unpaired) electrons. The van der Waals surface area contributed by atoms with Gasteiger partial charge in [-0.3, -0.25) is 0 Å². The van der Waals surface area contributed by atoms with Gasteiger partial charge in [0, 0.05) is 27.4 Å². The first-order valence-corrected chi connectivity index (χ1v) is 20.1. The molecule has 0 spiro atoms. The molecule has 1 aliphatic carbocycles. The average Bonchev–Trinajstić information content (AvgIpc) is 3.18. The predicted molar refractivity (Wildman–Crippen MR) is 208 cm³/mol. The first kappa shape index (κ1) is 32.0. The van der Waals surface area contributed by atoms with Crippen LogP contribution in [-0.4, -0.2) is 28.3 Å². The van der Waals surface area contributed by atoms with E-state index in [1.54, 1.807) is 0 Å². The number of hydrogen-bond donors (Lipinski definition) is 0. The fourth-order valence-electron chi connectivity index (χ4n) is 7.53. The van der Waals surface area contributed by atoms with E-state index in [4.69, 9.17) is 15.0 Å². The minimum atomic E-state index is -2.30. The van der Waals surface area contributed by atoms with Gasteiger partial charge < -0.3 is 4.57 Å². The molecule has 0 amide bonds. The van der Waals surface area contributed by atoms with Crippen LogP contribution in [0.1, 0.15) is 43.2 Å². The van der Waals surface area contributed by atoms with Gasteiger partial charge >= 0.3 is 0 Å². The van der Waals surface area contributed by atoms with Crippen molar-refractivity contribution in [2.75, 3.05) is 13.3 Å². The maximum absolute atomic E-state index is 12.6. The molecule has 1 aromatic heterocycles. The third-order valence-electron chi connectivity index (χ3n) is 10.3. The van der Waals surface area contributed by atoms with Gasteiger partial charge in [-0.15, -0.1) is 0 Å². The average molecular weight is 670 g/mol. The molecule has 7 aromatic rings. The number of hydrogen-bond acceptors (Lipinski definition) is 4. The maximum Gasteiger partial charge on any atom is 0.164 e. The molecule has 1 saturated carbocycles. The number of benzene rings is 6. The van der Waals surface area contributed by atoms with Gasteiger partial charge in [0.25, 0.3) is 0 Å². The molecular weight excluding hydrogens is 629 g/mol. The summed E-state index contributed by atoms with van der Waals surface area (Å²) in [6, 6.07) is 51.2. The minimum absolute atomic E-state index is 0.0696. The summed E-state index contributed by atoms with van der Waals surface area (Å²) in [5.41, 5.74) is 7.86. The largest absolute Gasteiger partial charge is 0.319 e. The highest BCUT2D eigenvalue weighted by Gasteiger charge is 2.36. The van der Waals surface area contributed by atoms with Crippen molar-refractivity contribution in [3.8, 4) is 45.3 Å². The lowest BCUT2D eigenvalue weighted by molar-refractivity contribution is 0.346. The number of rotatable bonds is 7. The zero-order valence-electron chi connectivity index (χ0n) is 28.6. The molecule has 1 fully saturated rings. The molecule has 50 heavy (non-hydrogen) atoms. The lowest BCUT2D eigenvalue weighted by atomic mass is 9.65. The Kier molecular flexibility index (Phi) is 8.50. The van der Waals surface area contributed by atoms with E-state index >= 15 is 0 Å². The van der Waals surface area contributed by atoms with Crippen molar-refractivity contribution < 1.29 is 4.57 Å². The van der Waals surface area contributed by atoms with Gasteiger partial charge in [0.05, 0.1) is 0 Å². The first-order chi connectivity index (χ1) is 24.4. The molecule has 0 saturated heterocycles. The molecule has 8 rings (SSSR count). The summed E-state index contributed by atoms with van der Waals surface area (Å²) in [6.45, 7) is 3.65. The third-order valence-corrected chi connectivity index (χ3v) is 11.9. The Bertz CT molecular complexity index is 2340. The van der Waals surface area contributed by atoms with Crippen LogP contribution in [0.15, 0.2) is 146 Å². The Labute approximate surface area is 294 Å². The van der Waals surface area contributed by atoms with Crippen LogP contribution in [-0.2, 0) is 9.98 Å². The van der Waals surface area contributed by atoms with E-state index in [0.717, 1.165) is 45.8 Å². The van der Waals surface area contributed by atoms with Crippen LogP contribution in [0.5, 0.6) is 0 Å². The van der Waals surface area contributed by atoms with Crippen LogP contribution in [0.4, 0.5) is 0 Å². The fourth-order valence-corrected chi connectivity index (χ4v) is 8.39. The van der Waals surface area contributed by atoms with Crippen LogP contribution in [0.25, 0.3) is 56.1 Å². The maximum atomic E-state index is 12.6. The second-order valence-electron chi connectivity index (χ2n) is 13.9. The Balaban J connectivity index is 1.18. The van der Waals surface area contributed by atoms with Gasteiger partial charge in [0.15, 0.2) is 17.5 Å². The fraction of sp³-hybridized carbons (Fsp3) is 0.178. The Hall–Kier alpha value is -5.18. The lowest BCUT2D eigenvalue weighted by Gasteiger charge is -2.39. The molecule has 0 bridgehead atoms. The summed E-state index contributed by atoms with van der Waals surface area (Å²) in [7, 11) is -2.30. The summed E-state index contributed by atoms with van der Waals surface area (Å²) in [5.74, 6) is 2.00. The van der Waals surface area contributed by atoms with Gasteiger partial charge in [-0.05, 0) is 65.3 Å². The summed E-state index contributed by atoms with van der Waals surface area (Å²) in [6.07, 6.45) is 5.89. The van der Waals surface area contributed by atoms with Crippen LogP contribution in [0, 0.1) is 0 Å². The molecule has 5 heteroatoms.